The fourth-order valence-corrected chi connectivity index (χ4v) is 3.59. The van der Waals surface area contributed by atoms with Gasteiger partial charge < -0.3 is 21.1 Å². The highest BCUT2D eigenvalue weighted by Gasteiger charge is 2.47. The maximum atomic E-state index is 12.9. The molecule has 12 heteroatoms. The number of carbonyl (C=O) groups is 4. The van der Waals surface area contributed by atoms with E-state index in [0.717, 1.165) is 12.8 Å². The third-order valence-corrected chi connectivity index (χ3v) is 5.91. The average Bonchev–Trinajstić information content (AvgIpc) is 3.27. The Labute approximate surface area is 183 Å². The molecule has 2 aliphatic rings. The van der Waals surface area contributed by atoms with Gasteiger partial charge in [0.05, 0.1) is 12.0 Å². The molecule has 32 heavy (non-hydrogen) atoms. The minimum atomic E-state index is -5.15. The van der Waals surface area contributed by atoms with E-state index >= 15 is 0 Å². The number of amides is 3. The van der Waals surface area contributed by atoms with Crippen molar-refractivity contribution >= 4 is 23.5 Å². The van der Waals surface area contributed by atoms with Crippen LogP contribution < -0.4 is 16.0 Å². The second kappa shape index (κ2) is 10.2. The van der Waals surface area contributed by atoms with E-state index in [1.165, 1.54) is 6.92 Å². The summed E-state index contributed by atoms with van der Waals surface area (Å²) in [5.41, 5.74) is -0.191. The van der Waals surface area contributed by atoms with Crippen LogP contribution in [0.2, 0.25) is 0 Å². The first-order valence-electron chi connectivity index (χ1n) is 10.6. The number of hydrogen-bond acceptors (Lipinski definition) is 6. The van der Waals surface area contributed by atoms with Crippen LogP contribution >= 0.6 is 0 Å². The van der Waals surface area contributed by atoms with E-state index in [1.54, 1.807) is 6.92 Å². The second-order valence-electron chi connectivity index (χ2n) is 8.80. The van der Waals surface area contributed by atoms with Gasteiger partial charge in [0.1, 0.15) is 18.2 Å². The zero-order valence-corrected chi connectivity index (χ0v) is 18.3. The molecule has 4 N–H and O–H groups in total. The third kappa shape index (κ3) is 7.16. The predicted octanol–water partition coefficient (Wildman–Crippen LogP) is 0.547. The lowest BCUT2D eigenvalue weighted by Gasteiger charge is -2.27. The molecule has 1 saturated carbocycles. The van der Waals surface area contributed by atoms with E-state index in [4.69, 9.17) is 0 Å². The minimum Gasteiger partial charge on any atom is -0.383 e. The summed E-state index contributed by atoms with van der Waals surface area (Å²) in [5, 5.41) is 16.9. The topological polar surface area (TPSA) is 134 Å². The Kier molecular flexibility index (Phi) is 8.27. The van der Waals surface area contributed by atoms with E-state index in [9.17, 15) is 37.5 Å². The Morgan fingerprint density at radius 2 is 1.88 bits per heavy atom. The minimum absolute atomic E-state index is 0.0159. The number of ether oxygens (including phenoxy) is 1. The number of aliphatic hydroxyl groups is 1. The van der Waals surface area contributed by atoms with Crippen LogP contribution in [-0.4, -0.2) is 65.8 Å². The van der Waals surface area contributed by atoms with Gasteiger partial charge in [0, 0.05) is 6.54 Å². The Hall–Kier alpha value is -2.21. The van der Waals surface area contributed by atoms with Crippen LogP contribution in [0.15, 0.2) is 0 Å². The highest BCUT2D eigenvalue weighted by atomic mass is 19.4. The van der Waals surface area contributed by atoms with Crippen molar-refractivity contribution in [1.82, 2.24) is 16.0 Å². The van der Waals surface area contributed by atoms with Crippen molar-refractivity contribution in [3.8, 4) is 0 Å². The highest BCUT2D eigenvalue weighted by Crippen LogP contribution is 2.48. The molecule has 1 unspecified atom stereocenters. The van der Waals surface area contributed by atoms with Gasteiger partial charge in [-0.15, -0.1) is 13.2 Å². The van der Waals surface area contributed by atoms with E-state index in [2.05, 4.69) is 20.7 Å². The molecule has 182 valence electrons. The number of Topliss-reactive ketones (excluding diaryl/α,β-unsaturated/α-hetero) is 1. The monoisotopic (exact) mass is 465 g/mol. The van der Waals surface area contributed by atoms with Crippen LogP contribution in [0.25, 0.3) is 0 Å². The second-order valence-corrected chi connectivity index (χ2v) is 8.80. The maximum absolute atomic E-state index is 12.9. The molecule has 5 atom stereocenters. The predicted molar refractivity (Wildman–Crippen MR) is 105 cm³/mol. The number of carbonyl (C=O) groups excluding carboxylic acids is 4. The third-order valence-electron chi connectivity index (χ3n) is 5.91. The van der Waals surface area contributed by atoms with E-state index < -0.39 is 60.1 Å². The zero-order chi connectivity index (χ0) is 24.3. The molecular weight excluding hydrogens is 435 g/mol. The quantitative estimate of drug-likeness (QED) is 0.352. The molecule has 2 fully saturated rings. The summed E-state index contributed by atoms with van der Waals surface area (Å²) in [5.74, 6) is -4.68. The number of hydrogen-bond donors (Lipinski definition) is 4. The molecule has 0 aromatic heterocycles. The van der Waals surface area contributed by atoms with Crippen molar-refractivity contribution in [2.24, 2.45) is 11.3 Å². The number of nitrogens with one attached hydrogen (secondary N) is 3. The van der Waals surface area contributed by atoms with Gasteiger partial charge in [-0.05, 0) is 44.4 Å². The fourth-order valence-electron chi connectivity index (χ4n) is 3.59. The van der Waals surface area contributed by atoms with Crippen LogP contribution in [0.1, 0.15) is 52.9 Å². The highest BCUT2D eigenvalue weighted by molar-refractivity contribution is 5.97. The lowest BCUT2D eigenvalue weighted by Crippen LogP contribution is -2.55. The lowest BCUT2D eigenvalue weighted by molar-refractivity contribution is -0.341. The number of aliphatic hydroxyl groups excluding tert-OH is 1. The Morgan fingerprint density at radius 1 is 1.25 bits per heavy atom. The number of alkyl halides is 3. The summed E-state index contributed by atoms with van der Waals surface area (Å²) in [4.78, 5) is 49.5. The van der Waals surface area contributed by atoms with Gasteiger partial charge in [-0.2, -0.15) is 0 Å². The van der Waals surface area contributed by atoms with Crippen molar-refractivity contribution < 1.29 is 42.2 Å². The van der Waals surface area contributed by atoms with Crippen molar-refractivity contribution in [2.75, 3.05) is 6.54 Å². The van der Waals surface area contributed by atoms with Gasteiger partial charge >= 0.3 is 6.36 Å². The summed E-state index contributed by atoms with van der Waals surface area (Å²) in [6.45, 7) is 4.80. The molecule has 1 aliphatic carbocycles. The normalized spacial score (nSPS) is 23.5. The van der Waals surface area contributed by atoms with E-state index in [1.807, 2.05) is 6.92 Å². The van der Waals surface area contributed by atoms with Crippen molar-refractivity contribution in [3.05, 3.63) is 0 Å². The Balaban J connectivity index is 2.11. The molecular formula is C20H30F3N3O6. The van der Waals surface area contributed by atoms with Crippen molar-refractivity contribution in [1.29, 1.82) is 0 Å². The smallest absolute Gasteiger partial charge is 0.383 e. The van der Waals surface area contributed by atoms with Gasteiger partial charge in [-0.25, -0.2) is 0 Å². The summed E-state index contributed by atoms with van der Waals surface area (Å²) in [6.07, 6.45) is -6.56. The van der Waals surface area contributed by atoms with E-state index in [0.29, 0.717) is 0 Å². The number of halogens is 3. The molecule has 0 aromatic rings. The summed E-state index contributed by atoms with van der Waals surface area (Å²) in [7, 11) is 0. The molecule has 9 nitrogen and oxygen atoms in total. The SMILES string of the molecule is CC[C@@H](O)C(=O)N[C@@H](CC1(C)CC1)C(=O)NC(C)C(=O)[C@@H](OC(F)(F)F)[C@@H]1CCNC1=O. The Morgan fingerprint density at radius 3 is 2.34 bits per heavy atom. The molecule has 0 aromatic carbocycles. The number of rotatable bonds is 11. The van der Waals surface area contributed by atoms with Gasteiger partial charge in [-0.1, -0.05) is 13.8 Å². The van der Waals surface area contributed by atoms with Gasteiger partial charge in [-0.3, -0.25) is 23.9 Å². The standard InChI is InChI=1S/C20H30F3N3O6/c1-4-13(27)18(31)26-12(9-19(3)6-7-19)17(30)25-10(2)14(28)15(32-20(21,22)23)11-5-8-24-16(11)29/h10-13,15,27H,4-9H2,1-3H3,(H,24,29)(H,25,30)(H,26,31)/t10?,11-,12-,13+,15-/m0/s1. The lowest BCUT2D eigenvalue weighted by atomic mass is 9.93. The Bertz CT molecular complexity index is 741. The van der Waals surface area contributed by atoms with Crippen LogP contribution in [0.3, 0.4) is 0 Å². The average molecular weight is 465 g/mol. The molecule has 3 amide bonds. The van der Waals surface area contributed by atoms with Gasteiger partial charge in [0.15, 0.2) is 5.78 Å². The fraction of sp³-hybridized carbons (Fsp3) is 0.800. The first-order valence-corrected chi connectivity index (χ1v) is 10.6. The summed E-state index contributed by atoms with van der Waals surface area (Å²) >= 11 is 0. The van der Waals surface area contributed by atoms with E-state index in [-0.39, 0.29) is 31.2 Å². The number of ketones is 1. The van der Waals surface area contributed by atoms with Crippen molar-refractivity contribution in [2.45, 2.75) is 83.5 Å². The summed E-state index contributed by atoms with van der Waals surface area (Å²) < 4.78 is 42.6. The van der Waals surface area contributed by atoms with Crippen LogP contribution in [0.5, 0.6) is 0 Å². The first kappa shape index (κ1) is 26.0. The molecule has 1 aliphatic heterocycles. The summed E-state index contributed by atoms with van der Waals surface area (Å²) in [6, 6.07) is -2.49. The van der Waals surface area contributed by atoms with Gasteiger partial charge in [0.2, 0.25) is 17.7 Å². The molecule has 0 spiro atoms. The molecule has 0 radical (unpaired) electrons. The molecule has 1 saturated heterocycles. The maximum Gasteiger partial charge on any atom is 0.523 e. The van der Waals surface area contributed by atoms with Gasteiger partial charge in [0.25, 0.3) is 0 Å². The zero-order valence-electron chi connectivity index (χ0n) is 18.3. The van der Waals surface area contributed by atoms with Crippen LogP contribution in [-0.2, 0) is 23.9 Å². The van der Waals surface area contributed by atoms with Crippen LogP contribution in [0.4, 0.5) is 13.2 Å². The largest absolute Gasteiger partial charge is 0.523 e. The molecule has 0 bridgehead atoms. The molecule has 2 rings (SSSR count). The van der Waals surface area contributed by atoms with Crippen LogP contribution in [0, 0.1) is 11.3 Å². The molecule has 1 heterocycles. The van der Waals surface area contributed by atoms with Crippen molar-refractivity contribution in [3.63, 3.8) is 0 Å². The first-order chi connectivity index (χ1) is 14.8.